The molecule has 1 aromatic heterocycles. The number of carbonyl (C=O) groups is 1. The van der Waals surface area contributed by atoms with Crippen LogP contribution in [-0.2, 0) is 11.3 Å². The summed E-state index contributed by atoms with van der Waals surface area (Å²) in [6.45, 7) is 2.23. The number of amides is 1. The molecule has 2 aromatic rings. The maximum Gasteiger partial charge on any atom is 0.230 e. The standard InChI is InChI=1S/C19H21F2N3OS/c20-17-2-1-14(11-18(17)21)12-24-9-5-15(6-10-24)23-19(25)13-26-16-3-7-22-8-4-16/h1-4,7-8,11,15H,5-6,9-10,12-13H2,(H,23,25). The third kappa shape index (κ3) is 5.51. The van der Waals surface area contributed by atoms with Crippen LogP contribution in [0.2, 0.25) is 0 Å². The first-order valence-corrected chi connectivity index (χ1v) is 9.57. The highest BCUT2D eigenvalue weighted by atomic mass is 32.2. The van der Waals surface area contributed by atoms with Crippen LogP contribution in [-0.4, -0.2) is 40.7 Å². The Bertz CT molecular complexity index is 737. The van der Waals surface area contributed by atoms with E-state index in [0.717, 1.165) is 42.5 Å². The van der Waals surface area contributed by atoms with E-state index in [1.165, 1.54) is 17.8 Å². The van der Waals surface area contributed by atoms with Gasteiger partial charge in [-0.3, -0.25) is 14.7 Å². The summed E-state index contributed by atoms with van der Waals surface area (Å²) in [5.41, 5.74) is 0.764. The molecule has 0 aliphatic carbocycles. The molecule has 1 aliphatic rings. The summed E-state index contributed by atoms with van der Waals surface area (Å²) in [4.78, 5) is 19.3. The van der Waals surface area contributed by atoms with E-state index in [1.807, 2.05) is 12.1 Å². The Labute approximate surface area is 156 Å². The van der Waals surface area contributed by atoms with Crippen molar-refractivity contribution in [1.82, 2.24) is 15.2 Å². The number of piperidine rings is 1. The smallest absolute Gasteiger partial charge is 0.230 e. The second kappa shape index (κ2) is 9.09. The summed E-state index contributed by atoms with van der Waals surface area (Å²) in [6, 6.07) is 7.96. The van der Waals surface area contributed by atoms with Gasteiger partial charge in [-0.2, -0.15) is 0 Å². The molecule has 1 fully saturated rings. The van der Waals surface area contributed by atoms with Gasteiger partial charge in [-0.05, 0) is 42.7 Å². The van der Waals surface area contributed by atoms with Gasteiger partial charge in [0.15, 0.2) is 11.6 Å². The summed E-state index contributed by atoms with van der Waals surface area (Å²) < 4.78 is 26.3. The fourth-order valence-electron chi connectivity index (χ4n) is 2.98. The van der Waals surface area contributed by atoms with Crippen molar-refractivity contribution in [3.05, 3.63) is 59.9 Å². The quantitative estimate of drug-likeness (QED) is 0.785. The van der Waals surface area contributed by atoms with E-state index < -0.39 is 11.6 Å². The monoisotopic (exact) mass is 377 g/mol. The lowest BCUT2D eigenvalue weighted by molar-refractivity contribution is -0.119. The van der Waals surface area contributed by atoms with Gasteiger partial charge >= 0.3 is 0 Å². The first-order valence-electron chi connectivity index (χ1n) is 8.58. The second-order valence-corrected chi connectivity index (χ2v) is 7.39. The zero-order chi connectivity index (χ0) is 18.4. The maximum absolute atomic E-state index is 13.3. The van der Waals surface area contributed by atoms with Crippen molar-refractivity contribution in [3.63, 3.8) is 0 Å². The lowest BCUT2D eigenvalue weighted by Gasteiger charge is -2.32. The molecular weight excluding hydrogens is 356 g/mol. The Hall–Kier alpha value is -1.99. The lowest BCUT2D eigenvalue weighted by atomic mass is 10.0. The van der Waals surface area contributed by atoms with Crippen molar-refractivity contribution in [2.45, 2.75) is 30.3 Å². The number of hydrogen-bond donors (Lipinski definition) is 1. The largest absolute Gasteiger partial charge is 0.353 e. The van der Waals surface area contributed by atoms with Gasteiger partial charge in [0.2, 0.25) is 5.91 Å². The molecule has 1 aromatic carbocycles. The number of hydrogen-bond acceptors (Lipinski definition) is 4. The van der Waals surface area contributed by atoms with Crippen molar-refractivity contribution in [1.29, 1.82) is 0 Å². The molecule has 4 nitrogen and oxygen atoms in total. The predicted molar refractivity (Wildman–Crippen MR) is 97.8 cm³/mol. The fraction of sp³-hybridized carbons (Fsp3) is 0.368. The number of nitrogens with zero attached hydrogens (tertiary/aromatic N) is 2. The van der Waals surface area contributed by atoms with Crippen LogP contribution in [0.25, 0.3) is 0 Å². The first-order chi connectivity index (χ1) is 12.6. The predicted octanol–water partition coefficient (Wildman–Crippen LogP) is 3.23. The summed E-state index contributed by atoms with van der Waals surface area (Å²) in [7, 11) is 0. The van der Waals surface area contributed by atoms with Crippen LogP contribution >= 0.6 is 11.8 Å². The minimum Gasteiger partial charge on any atom is -0.353 e. The number of carbonyl (C=O) groups excluding carboxylic acids is 1. The van der Waals surface area contributed by atoms with E-state index in [0.29, 0.717) is 12.3 Å². The van der Waals surface area contributed by atoms with E-state index in [9.17, 15) is 13.6 Å². The zero-order valence-corrected chi connectivity index (χ0v) is 15.1. The number of thioether (sulfide) groups is 1. The van der Waals surface area contributed by atoms with Gasteiger partial charge < -0.3 is 5.32 Å². The van der Waals surface area contributed by atoms with Gasteiger partial charge in [0.05, 0.1) is 5.75 Å². The molecule has 0 bridgehead atoms. The highest BCUT2D eigenvalue weighted by molar-refractivity contribution is 8.00. The van der Waals surface area contributed by atoms with Crippen LogP contribution in [0.3, 0.4) is 0 Å². The van der Waals surface area contributed by atoms with E-state index in [-0.39, 0.29) is 11.9 Å². The average molecular weight is 377 g/mol. The Kier molecular flexibility index (Phi) is 6.57. The molecule has 3 rings (SSSR count). The highest BCUT2D eigenvalue weighted by Gasteiger charge is 2.21. The molecule has 2 heterocycles. The summed E-state index contributed by atoms with van der Waals surface area (Å²) >= 11 is 1.49. The van der Waals surface area contributed by atoms with Crippen LogP contribution in [0.1, 0.15) is 18.4 Å². The van der Waals surface area contributed by atoms with Gasteiger partial charge in [0, 0.05) is 43.0 Å². The van der Waals surface area contributed by atoms with Crippen LogP contribution in [0.5, 0.6) is 0 Å². The van der Waals surface area contributed by atoms with Crippen molar-refractivity contribution < 1.29 is 13.6 Å². The van der Waals surface area contributed by atoms with Crippen LogP contribution in [0, 0.1) is 11.6 Å². The van der Waals surface area contributed by atoms with E-state index in [4.69, 9.17) is 0 Å². The molecule has 1 amide bonds. The van der Waals surface area contributed by atoms with Gasteiger partial charge in [0.1, 0.15) is 0 Å². The Morgan fingerprint density at radius 3 is 2.58 bits per heavy atom. The molecule has 7 heteroatoms. The maximum atomic E-state index is 13.3. The molecule has 138 valence electrons. The molecule has 0 radical (unpaired) electrons. The summed E-state index contributed by atoms with van der Waals surface area (Å²) in [5, 5.41) is 3.08. The molecule has 0 atom stereocenters. The van der Waals surface area contributed by atoms with Crippen LogP contribution in [0.15, 0.2) is 47.6 Å². The summed E-state index contributed by atoms with van der Waals surface area (Å²) in [5.74, 6) is -1.21. The van der Waals surface area contributed by atoms with Crippen LogP contribution in [0.4, 0.5) is 8.78 Å². The Balaban J connectivity index is 1.39. The van der Waals surface area contributed by atoms with E-state index in [2.05, 4.69) is 15.2 Å². The molecule has 1 aliphatic heterocycles. The lowest BCUT2D eigenvalue weighted by Crippen LogP contribution is -2.44. The van der Waals surface area contributed by atoms with Crippen molar-refractivity contribution >= 4 is 17.7 Å². The fourth-order valence-corrected chi connectivity index (χ4v) is 3.68. The van der Waals surface area contributed by atoms with Crippen molar-refractivity contribution in [3.8, 4) is 0 Å². The molecule has 26 heavy (non-hydrogen) atoms. The van der Waals surface area contributed by atoms with Gasteiger partial charge in [-0.1, -0.05) is 6.07 Å². The van der Waals surface area contributed by atoms with Gasteiger partial charge in [-0.25, -0.2) is 8.78 Å². The normalized spacial score (nSPS) is 15.8. The topological polar surface area (TPSA) is 45.2 Å². The number of halogens is 2. The molecule has 1 N–H and O–H groups in total. The second-order valence-electron chi connectivity index (χ2n) is 6.34. The first kappa shape index (κ1) is 18.8. The molecular formula is C19H21F2N3OS. The summed E-state index contributed by atoms with van der Waals surface area (Å²) in [6.07, 6.45) is 5.14. The van der Waals surface area contributed by atoms with E-state index >= 15 is 0 Å². The third-order valence-corrected chi connectivity index (χ3v) is 5.37. The highest BCUT2D eigenvalue weighted by Crippen LogP contribution is 2.18. The van der Waals surface area contributed by atoms with Crippen molar-refractivity contribution in [2.75, 3.05) is 18.8 Å². The number of rotatable bonds is 6. The number of nitrogens with one attached hydrogen (secondary N) is 1. The van der Waals surface area contributed by atoms with E-state index in [1.54, 1.807) is 18.5 Å². The van der Waals surface area contributed by atoms with Gasteiger partial charge in [0.25, 0.3) is 0 Å². The molecule has 0 spiro atoms. The minimum absolute atomic E-state index is 0.0332. The molecule has 1 saturated heterocycles. The zero-order valence-electron chi connectivity index (χ0n) is 14.3. The SMILES string of the molecule is O=C(CSc1ccncc1)NC1CCN(Cc2ccc(F)c(F)c2)CC1. The Morgan fingerprint density at radius 2 is 1.88 bits per heavy atom. The van der Waals surface area contributed by atoms with Gasteiger partial charge in [-0.15, -0.1) is 11.8 Å². The average Bonchev–Trinajstić information content (AvgIpc) is 2.65. The van der Waals surface area contributed by atoms with Crippen molar-refractivity contribution in [2.24, 2.45) is 0 Å². The number of aromatic nitrogens is 1. The third-order valence-electron chi connectivity index (χ3n) is 4.36. The minimum atomic E-state index is -0.820. The number of likely N-dealkylation sites (tertiary alicyclic amines) is 1. The molecule has 0 saturated carbocycles. The van der Waals surface area contributed by atoms with Crippen LogP contribution < -0.4 is 5.32 Å². The molecule has 0 unspecified atom stereocenters. The Morgan fingerprint density at radius 1 is 1.15 bits per heavy atom. The number of pyridine rings is 1. The number of benzene rings is 1.